The molecule has 0 atom stereocenters. The molecule has 0 aromatic heterocycles. The van der Waals surface area contributed by atoms with Crippen LogP contribution in [-0.2, 0) is 22.6 Å². The number of nitrogens with zero attached hydrogens (tertiary/aromatic N) is 2. The van der Waals surface area contributed by atoms with Gasteiger partial charge in [0.2, 0.25) is 0 Å². The van der Waals surface area contributed by atoms with E-state index in [9.17, 15) is 21.6 Å². The molecule has 0 bridgehead atoms. The fraction of sp³-hybridized carbons (Fsp3) is 0.450. The quantitative estimate of drug-likeness (QED) is 0.676. The summed E-state index contributed by atoms with van der Waals surface area (Å²) < 4.78 is 63.7. The van der Waals surface area contributed by atoms with Crippen LogP contribution in [0.3, 0.4) is 0 Å². The molecular weight excluding hydrogens is 389 g/mol. The summed E-state index contributed by atoms with van der Waals surface area (Å²) >= 11 is 0. The molecule has 28 heavy (non-hydrogen) atoms. The van der Waals surface area contributed by atoms with Gasteiger partial charge in [-0.15, -0.1) is 0 Å². The molecule has 4 nitrogen and oxygen atoms in total. The molecule has 0 amide bonds. The van der Waals surface area contributed by atoms with E-state index in [-0.39, 0.29) is 17.0 Å². The van der Waals surface area contributed by atoms with Gasteiger partial charge in [-0.25, -0.2) is 8.42 Å². The molecule has 0 fully saturated rings. The van der Waals surface area contributed by atoms with E-state index in [0.717, 1.165) is 23.9 Å². The molecule has 1 aliphatic rings. The fourth-order valence-corrected chi connectivity index (χ4v) is 3.52. The zero-order chi connectivity index (χ0) is 21.7. The molecule has 0 unspecified atom stereocenters. The third-order valence-electron chi connectivity index (χ3n) is 4.08. The molecule has 0 radical (unpaired) electrons. The molecular formula is C20H27F3N2O2S. The molecule has 156 valence electrons. The Hall–Kier alpha value is -2.09. The van der Waals surface area contributed by atoms with Crippen molar-refractivity contribution in [2.24, 2.45) is 4.99 Å². The Balaban J connectivity index is 0.00000190. The van der Waals surface area contributed by atoms with Gasteiger partial charge in [-0.3, -0.25) is 4.99 Å². The predicted octanol–water partition coefficient (Wildman–Crippen LogP) is 5.22. The first-order valence-electron chi connectivity index (χ1n) is 9.02. The average Bonchev–Trinajstić information content (AvgIpc) is 2.90. The molecule has 0 N–H and O–H groups in total. The number of sulfone groups is 1. The molecule has 0 spiro atoms. The lowest BCUT2D eigenvalue weighted by atomic mass is 10.1. The number of halogens is 3. The van der Waals surface area contributed by atoms with Crippen molar-refractivity contribution in [2.75, 3.05) is 13.3 Å². The SMILES string of the molecule is CC.CC/C=C1/C=C(C)N(Cc2ccc(S(C)(=O)=O)cc2C(F)(F)F)C1=NC. The molecule has 1 heterocycles. The van der Waals surface area contributed by atoms with Crippen LogP contribution in [0.5, 0.6) is 0 Å². The minimum atomic E-state index is -4.65. The van der Waals surface area contributed by atoms with Crippen LogP contribution < -0.4 is 0 Å². The number of hydrogen-bond donors (Lipinski definition) is 0. The highest BCUT2D eigenvalue weighted by Gasteiger charge is 2.35. The van der Waals surface area contributed by atoms with E-state index in [4.69, 9.17) is 0 Å². The molecule has 0 saturated heterocycles. The van der Waals surface area contributed by atoms with Crippen LogP contribution >= 0.6 is 0 Å². The van der Waals surface area contributed by atoms with Crippen LogP contribution in [0.1, 0.15) is 45.2 Å². The molecule has 2 rings (SSSR count). The lowest BCUT2D eigenvalue weighted by Gasteiger charge is -2.24. The summed E-state index contributed by atoms with van der Waals surface area (Å²) in [5.74, 6) is 0.602. The maximum Gasteiger partial charge on any atom is 0.416 e. The van der Waals surface area contributed by atoms with Crippen molar-refractivity contribution in [3.63, 3.8) is 0 Å². The van der Waals surface area contributed by atoms with Gasteiger partial charge in [-0.1, -0.05) is 32.9 Å². The second-order valence-electron chi connectivity index (χ2n) is 6.08. The third-order valence-corrected chi connectivity index (χ3v) is 5.19. The van der Waals surface area contributed by atoms with Crippen molar-refractivity contribution >= 4 is 15.7 Å². The largest absolute Gasteiger partial charge is 0.416 e. The normalized spacial score (nSPS) is 17.6. The first-order chi connectivity index (χ1) is 13.0. The minimum Gasteiger partial charge on any atom is -0.326 e. The fourth-order valence-electron chi connectivity index (χ4n) is 2.87. The summed E-state index contributed by atoms with van der Waals surface area (Å²) in [5.41, 5.74) is 0.701. The first-order valence-corrected chi connectivity index (χ1v) is 10.9. The van der Waals surface area contributed by atoms with Gasteiger partial charge < -0.3 is 4.90 Å². The van der Waals surface area contributed by atoms with Gasteiger partial charge in [-0.05, 0) is 37.1 Å². The number of hydrogen-bond acceptors (Lipinski definition) is 3. The zero-order valence-electron chi connectivity index (χ0n) is 17.1. The van der Waals surface area contributed by atoms with Crippen LogP contribution in [0.25, 0.3) is 0 Å². The summed E-state index contributed by atoms with van der Waals surface area (Å²) in [6, 6.07) is 3.13. The maximum atomic E-state index is 13.5. The third kappa shape index (κ3) is 5.47. The molecule has 0 saturated carbocycles. The van der Waals surface area contributed by atoms with E-state index in [1.165, 1.54) is 12.1 Å². The summed E-state index contributed by atoms with van der Waals surface area (Å²) in [6.07, 6.45) is 0.855. The van der Waals surface area contributed by atoms with Crippen LogP contribution in [0.4, 0.5) is 13.2 Å². The molecule has 1 aliphatic heterocycles. The van der Waals surface area contributed by atoms with Gasteiger partial charge >= 0.3 is 6.18 Å². The van der Waals surface area contributed by atoms with Crippen molar-refractivity contribution < 1.29 is 21.6 Å². The smallest absolute Gasteiger partial charge is 0.326 e. The van der Waals surface area contributed by atoms with Crippen molar-refractivity contribution in [1.82, 2.24) is 4.90 Å². The molecule has 8 heteroatoms. The Morgan fingerprint density at radius 2 is 1.82 bits per heavy atom. The van der Waals surface area contributed by atoms with E-state index in [1.54, 1.807) is 18.9 Å². The Labute approximate surface area is 165 Å². The van der Waals surface area contributed by atoms with Crippen molar-refractivity contribution in [1.29, 1.82) is 0 Å². The number of rotatable bonds is 4. The standard InChI is InChI=1S/C18H21F3N2O2S.C2H6/c1-5-6-13-9-12(2)23(17(13)22-3)11-14-7-8-15(26(4,24)25)10-16(14)18(19,20)21;1-2/h6-10H,5,11H2,1-4H3;1-2H3/b13-6-,22-17?;. The van der Waals surface area contributed by atoms with Gasteiger partial charge in [0.25, 0.3) is 0 Å². The first kappa shape index (κ1) is 23.9. The van der Waals surface area contributed by atoms with Gasteiger partial charge in [-0.2, -0.15) is 13.2 Å². The van der Waals surface area contributed by atoms with Crippen molar-refractivity contribution in [3.8, 4) is 0 Å². The second kappa shape index (κ2) is 9.41. The molecule has 0 aliphatic carbocycles. The lowest BCUT2D eigenvalue weighted by Crippen LogP contribution is -2.26. The summed E-state index contributed by atoms with van der Waals surface area (Å²) in [5, 5.41) is 0. The Bertz CT molecular complexity index is 899. The van der Waals surface area contributed by atoms with Gasteiger partial charge in [0.1, 0.15) is 5.84 Å². The number of alkyl halides is 3. The predicted molar refractivity (Wildman–Crippen MR) is 107 cm³/mol. The highest BCUT2D eigenvalue weighted by molar-refractivity contribution is 7.90. The highest BCUT2D eigenvalue weighted by atomic mass is 32.2. The van der Waals surface area contributed by atoms with E-state index in [0.29, 0.717) is 11.9 Å². The Kier molecular flexibility index (Phi) is 8.05. The maximum absolute atomic E-state index is 13.5. The highest BCUT2D eigenvalue weighted by Crippen LogP contribution is 2.35. The number of benzene rings is 1. The summed E-state index contributed by atoms with van der Waals surface area (Å²) in [7, 11) is -2.14. The van der Waals surface area contributed by atoms with E-state index in [2.05, 4.69) is 4.99 Å². The Morgan fingerprint density at radius 3 is 2.29 bits per heavy atom. The topological polar surface area (TPSA) is 49.7 Å². The van der Waals surface area contributed by atoms with E-state index >= 15 is 0 Å². The van der Waals surface area contributed by atoms with Crippen LogP contribution in [0, 0.1) is 0 Å². The molecule has 1 aromatic carbocycles. The van der Waals surface area contributed by atoms with Crippen LogP contribution in [0.2, 0.25) is 0 Å². The Morgan fingerprint density at radius 1 is 1.21 bits per heavy atom. The van der Waals surface area contributed by atoms with Crippen molar-refractivity contribution in [3.05, 3.63) is 52.7 Å². The average molecular weight is 417 g/mol. The van der Waals surface area contributed by atoms with Gasteiger partial charge in [0.05, 0.1) is 10.5 Å². The second-order valence-corrected chi connectivity index (χ2v) is 8.09. The number of allylic oxidation sites excluding steroid dienone is 2. The summed E-state index contributed by atoms with van der Waals surface area (Å²) in [6.45, 7) is 7.73. The van der Waals surface area contributed by atoms with Gasteiger partial charge in [0.15, 0.2) is 9.84 Å². The van der Waals surface area contributed by atoms with Crippen molar-refractivity contribution in [2.45, 2.75) is 51.7 Å². The number of aliphatic imine (C=N–C) groups is 1. The van der Waals surface area contributed by atoms with Gasteiger partial charge in [0, 0.05) is 31.1 Å². The molecule has 1 aromatic rings. The monoisotopic (exact) mass is 416 g/mol. The van der Waals surface area contributed by atoms with Crippen LogP contribution in [-0.4, -0.2) is 32.5 Å². The van der Waals surface area contributed by atoms with Crippen LogP contribution in [0.15, 0.2) is 51.5 Å². The van der Waals surface area contributed by atoms with E-state index in [1.807, 2.05) is 32.9 Å². The van der Waals surface area contributed by atoms with E-state index < -0.39 is 21.6 Å². The lowest BCUT2D eigenvalue weighted by molar-refractivity contribution is -0.138. The summed E-state index contributed by atoms with van der Waals surface area (Å²) in [4.78, 5) is 5.56. The number of amidine groups is 1. The zero-order valence-corrected chi connectivity index (χ0v) is 17.9. The minimum absolute atomic E-state index is 0.00320.